The first-order chi connectivity index (χ1) is 12.7. The van der Waals surface area contributed by atoms with Gasteiger partial charge in [0, 0.05) is 6.21 Å². The Kier molecular flexibility index (Phi) is 9.47. The van der Waals surface area contributed by atoms with Gasteiger partial charge in [0.15, 0.2) is 6.61 Å². The number of hydrazone groups is 1. The predicted octanol–water partition coefficient (Wildman–Crippen LogP) is 2.92. The number of hydrogen-bond acceptors (Lipinski definition) is 7. The van der Waals surface area contributed by atoms with Gasteiger partial charge >= 0.3 is 0 Å². The van der Waals surface area contributed by atoms with E-state index < -0.39 is 5.91 Å². The quantitative estimate of drug-likeness (QED) is 0.352. The van der Waals surface area contributed by atoms with E-state index in [1.54, 1.807) is 30.3 Å². The summed E-state index contributed by atoms with van der Waals surface area (Å²) in [6.07, 6.45) is 5.05. The molecule has 0 bridgehead atoms. The van der Waals surface area contributed by atoms with Crippen LogP contribution in [0.25, 0.3) is 6.08 Å². The van der Waals surface area contributed by atoms with E-state index in [1.165, 1.54) is 6.21 Å². The molecule has 0 radical (unpaired) electrons. The summed E-state index contributed by atoms with van der Waals surface area (Å²) in [5.74, 6) is 0.0746. The molecule has 0 saturated carbocycles. The van der Waals surface area contributed by atoms with Crippen LogP contribution in [0.15, 0.2) is 71.1 Å². The molecule has 0 aliphatic carbocycles. The van der Waals surface area contributed by atoms with Crippen LogP contribution in [-0.4, -0.2) is 29.1 Å². The van der Waals surface area contributed by atoms with Gasteiger partial charge in [-0.05, 0) is 29.3 Å². The van der Waals surface area contributed by atoms with Crippen LogP contribution in [0.2, 0.25) is 0 Å². The van der Waals surface area contributed by atoms with Gasteiger partial charge in [-0.15, -0.1) is 10.1 Å². The highest BCUT2D eigenvalue weighted by molar-refractivity contribution is 5.81. The molecule has 0 spiro atoms. The molecule has 5 N–H and O–H groups in total. The van der Waals surface area contributed by atoms with E-state index in [9.17, 15) is 9.70 Å². The van der Waals surface area contributed by atoms with Gasteiger partial charge in [-0.2, -0.15) is 5.10 Å². The third-order valence-electron chi connectivity index (χ3n) is 3.15. The number of allylic oxidation sites excluding steroid dienone is 1. The van der Waals surface area contributed by atoms with E-state index >= 15 is 0 Å². The van der Waals surface area contributed by atoms with Crippen LogP contribution in [0.1, 0.15) is 11.1 Å². The number of ether oxygens (including phenoxy) is 1. The number of hydroxylamine groups is 1. The van der Waals surface area contributed by atoms with Crippen molar-refractivity contribution < 1.29 is 14.7 Å². The Bertz CT molecular complexity index is 763. The summed E-state index contributed by atoms with van der Waals surface area (Å²) in [5.41, 5.74) is 4.05. The minimum absolute atomic E-state index is 0. The second-order valence-electron chi connectivity index (χ2n) is 5.13. The normalized spacial score (nSPS) is 10.4. The lowest BCUT2D eigenvalue weighted by Gasteiger charge is -2.08. The monoisotopic (exact) mass is 371 g/mol. The predicted molar refractivity (Wildman–Crippen MR) is 102 cm³/mol. The third-order valence-corrected chi connectivity index (χ3v) is 3.15. The largest absolute Gasteiger partial charge is 0.484 e. The summed E-state index contributed by atoms with van der Waals surface area (Å²) in [4.78, 5) is 21.7. The fourth-order valence-corrected chi connectivity index (χ4v) is 1.94. The van der Waals surface area contributed by atoms with Gasteiger partial charge < -0.3 is 10.9 Å². The van der Waals surface area contributed by atoms with Gasteiger partial charge in [-0.25, -0.2) is 5.43 Å². The Morgan fingerprint density at radius 1 is 1.15 bits per heavy atom. The lowest BCUT2D eigenvalue weighted by atomic mass is 10.2. The Balaban J connectivity index is 0.00000364. The fourth-order valence-electron chi connectivity index (χ4n) is 1.94. The number of nitroso groups, excluding NO2 is 1. The van der Waals surface area contributed by atoms with E-state index in [2.05, 4.69) is 15.8 Å². The van der Waals surface area contributed by atoms with Crippen LogP contribution < -0.4 is 16.3 Å². The number of benzene rings is 2. The van der Waals surface area contributed by atoms with Crippen LogP contribution in [-0.2, 0) is 11.3 Å². The van der Waals surface area contributed by atoms with Gasteiger partial charge in [0.25, 0.3) is 5.91 Å². The number of nitrogens with one attached hydrogen (secondary N) is 1. The Hall–Kier alpha value is -3.56. The van der Waals surface area contributed by atoms with Crippen molar-refractivity contribution in [3.63, 3.8) is 0 Å². The van der Waals surface area contributed by atoms with Crippen molar-refractivity contribution in [3.05, 3.63) is 76.7 Å². The standard InChI is InChI=1S/C18H18N4O4.H3N/c23-18(20-19-12-4-7-15-5-2-1-3-6-15)14-26-17-10-8-16(9-11-17)13-22(25)21-24;/h1-12,25H,13-14H2,(H,20,23);1H3/b7-4+,19-12?;. The zero-order chi connectivity index (χ0) is 18.6. The first-order valence-electron chi connectivity index (χ1n) is 7.72. The third kappa shape index (κ3) is 8.38. The highest BCUT2D eigenvalue weighted by atomic mass is 16.6. The number of carbonyl (C=O) groups excluding carboxylic acids is 1. The first kappa shape index (κ1) is 21.5. The fraction of sp³-hybridized carbons (Fsp3) is 0.111. The van der Waals surface area contributed by atoms with Gasteiger partial charge in [0.05, 0.1) is 11.8 Å². The lowest BCUT2D eigenvalue weighted by molar-refractivity contribution is -0.123. The average molecular weight is 371 g/mol. The molecule has 1 amide bonds. The van der Waals surface area contributed by atoms with Crippen molar-refractivity contribution in [2.24, 2.45) is 10.4 Å². The Morgan fingerprint density at radius 3 is 2.52 bits per heavy atom. The van der Waals surface area contributed by atoms with Crippen molar-refractivity contribution in [3.8, 4) is 5.75 Å². The molecule has 2 aromatic carbocycles. The van der Waals surface area contributed by atoms with Crippen molar-refractivity contribution in [2.75, 3.05) is 6.61 Å². The summed E-state index contributed by atoms with van der Waals surface area (Å²) < 4.78 is 5.32. The highest BCUT2D eigenvalue weighted by Gasteiger charge is 2.03. The van der Waals surface area contributed by atoms with E-state index in [4.69, 9.17) is 9.94 Å². The SMILES string of the molecule is N.O=NN(O)Cc1ccc(OCC(=O)NN=C/C=C/c2ccccc2)cc1. The summed E-state index contributed by atoms with van der Waals surface area (Å²) in [7, 11) is 0. The second-order valence-corrected chi connectivity index (χ2v) is 5.13. The molecule has 9 nitrogen and oxygen atoms in total. The molecule has 2 rings (SSSR count). The summed E-state index contributed by atoms with van der Waals surface area (Å²) in [5, 5.41) is 15.4. The van der Waals surface area contributed by atoms with Crippen LogP contribution in [0.5, 0.6) is 5.75 Å². The molecule has 9 heteroatoms. The van der Waals surface area contributed by atoms with Crippen molar-refractivity contribution in [1.82, 2.24) is 16.7 Å². The van der Waals surface area contributed by atoms with Crippen molar-refractivity contribution >= 4 is 18.2 Å². The molecule has 0 fully saturated rings. The average Bonchev–Trinajstić information content (AvgIpc) is 2.68. The number of hydrogen-bond donors (Lipinski definition) is 3. The molecule has 0 aromatic heterocycles. The van der Waals surface area contributed by atoms with Crippen LogP contribution >= 0.6 is 0 Å². The molecule has 2 aromatic rings. The smallest absolute Gasteiger partial charge is 0.277 e. The molecule has 0 unspecified atom stereocenters. The zero-order valence-corrected chi connectivity index (χ0v) is 14.6. The molecule has 0 heterocycles. The maximum Gasteiger partial charge on any atom is 0.277 e. The van der Waals surface area contributed by atoms with E-state index in [1.807, 2.05) is 36.4 Å². The summed E-state index contributed by atoms with van der Waals surface area (Å²) in [6.45, 7) is -0.226. The number of rotatable bonds is 9. The summed E-state index contributed by atoms with van der Waals surface area (Å²) in [6, 6.07) is 16.2. The van der Waals surface area contributed by atoms with Crippen molar-refractivity contribution in [1.29, 1.82) is 0 Å². The maximum absolute atomic E-state index is 11.6. The van der Waals surface area contributed by atoms with Crippen LogP contribution in [0.3, 0.4) is 0 Å². The van der Waals surface area contributed by atoms with Gasteiger partial charge in [0.1, 0.15) is 5.75 Å². The molecule has 0 aliphatic rings. The Morgan fingerprint density at radius 2 is 1.85 bits per heavy atom. The second kappa shape index (κ2) is 11.9. The minimum atomic E-state index is -0.398. The molecular weight excluding hydrogens is 350 g/mol. The Labute approximate surface area is 156 Å². The highest BCUT2D eigenvalue weighted by Crippen LogP contribution is 2.13. The number of carbonyl (C=O) groups is 1. The minimum Gasteiger partial charge on any atom is -0.484 e. The number of nitrogens with zero attached hydrogens (tertiary/aromatic N) is 3. The van der Waals surface area contributed by atoms with E-state index in [0.717, 1.165) is 5.56 Å². The van der Waals surface area contributed by atoms with E-state index in [-0.39, 0.29) is 24.5 Å². The van der Waals surface area contributed by atoms with Crippen LogP contribution in [0.4, 0.5) is 0 Å². The molecule has 27 heavy (non-hydrogen) atoms. The molecule has 0 saturated heterocycles. The van der Waals surface area contributed by atoms with Gasteiger partial charge in [0.2, 0.25) is 0 Å². The molecule has 142 valence electrons. The summed E-state index contributed by atoms with van der Waals surface area (Å²) >= 11 is 0. The van der Waals surface area contributed by atoms with Gasteiger partial charge in [-0.1, -0.05) is 48.5 Å². The zero-order valence-electron chi connectivity index (χ0n) is 14.6. The first-order valence-corrected chi connectivity index (χ1v) is 7.72. The van der Waals surface area contributed by atoms with Gasteiger partial charge in [-0.3, -0.25) is 10.0 Å². The molecule has 0 aliphatic heterocycles. The lowest BCUT2D eigenvalue weighted by Crippen LogP contribution is -2.24. The van der Waals surface area contributed by atoms with Crippen LogP contribution in [0, 0.1) is 4.91 Å². The topological polar surface area (TPSA) is 139 Å². The molecule has 0 atom stereocenters. The maximum atomic E-state index is 11.6. The van der Waals surface area contributed by atoms with Crippen molar-refractivity contribution in [2.45, 2.75) is 6.54 Å². The molecular formula is C18H21N5O4. The van der Waals surface area contributed by atoms with E-state index in [0.29, 0.717) is 11.3 Å². The number of amides is 1.